The molecule has 1 aliphatic rings. The second-order valence-corrected chi connectivity index (χ2v) is 6.85. The van der Waals surface area contributed by atoms with Crippen molar-refractivity contribution >= 4 is 17.1 Å². The Morgan fingerprint density at radius 1 is 1.44 bits per heavy atom. The van der Waals surface area contributed by atoms with Crippen molar-refractivity contribution in [2.75, 3.05) is 13.2 Å². The third-order valence-electron chi connectivity index (χ3n) is 3.32. The first kappa shape index (κ1) is 13.7. The zero-order chi connectivity index (χ0) is 13.2. The highest BCUT2D eigenvalue weighted by Gasteiger charge is 2.23. The second-order valence-electron chi connectivity index (χ2n) is 5.91. The maximum atomic E-state index is 12.1. The van der Waals surface area contributed by atoms with E-state index < -0.39 is 0 Å². The van der Waals surface area contributed by atoms with Crippen LogP contribution in [0.2, 0.25) is 0 Å². The number of rotatable bonds is 3. The minimum absolute atomic E-state index is 0.0659. The Hall–Kier alpha value is -0.740. The minimum atomic E-state index is 0.0659. The van der Waals surface area contributed by atoms with Crippen LogP contribution in [0, 0.1) is 5.92 Å². The molecule has 0 aromatic carbocycles. The van der Waals surface area contributed by atoms with E-state index in [1.165, 1.54) is 0 Å². The number of carbonyl (C=O) groups is 1. The van der Waals surface area contributed by atoms with Crippen molar-refractivity contribution in [2.24, 2.45) is 5.92 Å². The summed E-state index contributed by atoms with van der Waals surface area (Å²) in [7, 11) is 0. The molecule has 2 rings (SSSR count). The molecule has 3 nitrogen and oxygen atoms in total. The van der Waals surface area contributed by atoms with Crippen LogP contribution in [-0.2, 0) is 21.4 Å². The van der Waals surface area contributed by atoms with E-state index >= 15 is 0 Å². The molecule has 0 radical (unpaired) electrons. The topological polar surface area (TPSA) is 39.2 Å². The monoisotopic (exact) mass is 267 g/mol. The van der Waals surface area contributed by atoms with Gasteiger partial charge < -0.3 is 4.74 Å². The molecular formula is C14H21NO2S. The van der Waals surface area contributed by atoms with Gasteiger partial charge in [-0.25, -0.2) is 4.98 Å². The van der Waals surface area contributed by atoms with Crippen molar-refractivity contribution in [1.29, 1.82) is 0 Å². The standard InChI is InChI=1S/C14H21NO2S/c1-14(2,3)12-9-18-13(15-12)8-11(16)10-4-6-17-7-5-10/h9-10H,4-8H2,1-3H3. The van der Waals surface area contributed by atoms with Crippen LogP contribution in [0.25, 0.3) is 0 Å². The summed E-state index contributed by atoms with van der Waals surface area (Å²) in [6, 6.07) is 0. The molecule has 18 heavy (non-hydrogen) atoms. The maximum Gasteiger partial charge on any atom is 0.142 e. The molecule has 2 heterocycles. The lowest BCUT2D eigenvalue weighted by molar-refractivity contribution is -0.125. The van der Waals surface area contributed by atoms with Crippen LogP contribution in [0.3, 0.4) is 0 Å². The fourth-order valence-corrected chi connectivity index (χ4v) is 3.08. The summed E-state index contributed by atoms with van der Waals surface area (Å²) in [5.74, 6) is 0.508. The summed E-state index contributed by atoms with van der Waals surface area (Å²) in [6.07, 6.45) is 2.23. The van der Waals surface area contributed by atoms with E-state index in [0.29, 0.717) is 12.2 Å². The second kappa shape index (κ2) is 5.49. The van der Waals surface area contributed by atoms with E-state index in [1.54, 1.807) is 11.3 Å². The normalized spacial score (nSPS) is 17.9. The van der Waals surface area contributed by atoms with E-state index in [-0.39, 0.29) is 11.3 Å². The lowest BCUT2D eigenvalue weighted by Gasteiger charge is -2.20. The Morgan fingerprint density at radius 2 is 2.11 bits per heavy atom. The Labute approximate surface area is 113 Å². The molecule has 0 spiro atoms. The van der Waals surface area contributed by atoms with Gasteiger partial charge in [0.05, 0.1) is 12.1 Å². The van der Waals surface area contributed by atoms with Crippen molar-refractivity contribution in [3.63, 3.8) is 0 Å². The number of ether oxygens (including phenoxy) is 1. The molecule has 1 fully saturated rings. The largest absolute Gasteiger partial charge is 0.381 e. The lowest BCUT2D eigenvalue weighted by atomic mass is 9.93. The van der Waals surface area contributed by atoms with Gasteiger partial charge in [0.2, 0.25) is 0 Å². The number of hydrogen-bond donors (Lipinski definition) is 0. The smallest absolute Gasteiger partial charge is 0.142 e. The lowest BCUT2D eigenvalue weighted by Crippen LogP contribution is -2.24. The number of hydrogen-bond acceptors (Lipinski definition) is 4. The maximum absolute atomic E-state index is 12.1. The summed E-state index contributed by atoms with van der Waals surface area (Å²) in [5.41, 5.74) is 1.15. The van der Waals surface area contributed by atoms with Crippen molar-refractivity contribution in [3.05, 3.63) is 16.1 Å². The van der Waals surface area contributed by atoms with Crippen LogP contribution in [0.1, 0.15) is 44.3 Å². The third-order valence-corrected chi connectivity index (χ3v) is 4.17. The van der Waals surface area contributed by atoms with Gasteiger partial charge in [-0.3, -0.25) is 4.79 Å². The van der Waals surface area contributed by atoms with E-state index in [2.05, 4.69) is 31.1 Å². The highest BCUT2D eigenvalue weighted by molar-refractivity contribution is 7.09. The summed E-state index contributed by atoms with van der Waals surface area (Å²) < 4.78 is 5.28. The molecule has 1 aromatic rings. The first-order valence-electron chi connectivity index (χ1n) is 6.52. The van der Waals surface area contributed by atoms with Gasteiger partial charge in [0.25, 0.3) is 0 Å². The number of aromatic nitrogens is 1. The van der Waals surface area contributed by atoms with Crippen molar-refractivity contribution < 1.29 is 9.53 Å². The average molecular weight is 267 g/mol. The molecule has 1 saturated heterocycles. The zero-order valence-corrected chi connectivity index (χ0v) is 12.2. The highest BCUT2D eigenvalue weighted by atomic mass is 32.1. The quantitative estimate of drug-likeness (QED) is 0.845. The van der Waals surface area contributed by atoms with Gasteiger partial charge in [0.15, 0.2) is 0 Å². The minimum Gasteiger partial charge on any atom is -0.381 e. The summed E-state index contributed by atoms with van der Waals surface area (Å²) >= 11 is 1.61. The van der Waals surface area contributed by atoms with E-state index in [1.807, 2.05) is 0 Å². The number of ketones is 1. The van der Waals surface area contributed by atoms with E-state index in [0.717, 1.165) is 36.8 Å². The fourth-order valence-electron chi connectivity index (χ4n) is 2.05. The number of Topliss-reactive ketones (excluding diaryl/α,β-unsaturated/α-hetero) is 1. The van der Waals surface area contributed by atoms with E-state index in [4.69, 9.17) is 4.74 Å². The molecule has 0 amide bonds. The van der Waals surface area contributed by atoms with Crippen LogP contribution < -0.4 is 0 Å². The molecule has 0 aliphatic carbocycles. The van der Waals surface area contributed by atoms with E-state index in [9.17, 15) is 4.79 Å². The summed E-state index contributed by atoms with van der Waals surface area (Å²) in [6.45, 7) is 7.88. The number of thiazole rings is 1. The van der Waals surface area contributed by atoms with Gasteiger partial charge in [-0.05, 0) is 12.8 Å². The van der Waals surface area contributed by atoms with Crippen LogP contribution in [0.4, 0.5) is 0 Å². The molecule has 0 N–H and O–H groups in total. The van der Waals surface area contributed by atoms with Crippen LogP contribution in [0.5, 0.6) is 0 Å². The summed E-state index contributed by atoms with van der Waals surface area (Å²) in [5, 5.41) is 3.03. The predicted octanol–water partition coefficient (Wildman–Crippen LogP) is 2.98. The van der Waals surface area contributed by atoms with Crippen LogP contribution in [0.15, 0.2) is 5.38 Å². The predicted molar refractivity (Wildman–Crippen MR) is 73.1 cm³/mol. The molecule has 0 atom stereocenters. The Bertz CT molecular complexity index is 414. The highest BCUT2D eigenvalue weighted by Crippen LogP contribution is 2.25. The molecule has 0 saturated carbocycles. The van der Waals surface area contributed by atoms with Gasteiger partial charge in [-0.15, -0.1) is 11.3 Å². The number of nitrogens with zero attached hydrogens (tertiary/aromatic N) is 1. The van der Waals surface area contributed by atoms with Crippen molar-refractivity contribution in [3.8, 4) is 0 Å². The fraction of sp³-hybridized carbons (Fsp3) is 0.714. The molecule has 0 bridgehead atoms. The zero-order valence-electron chi connectivity index (χ0n) is 11.4. The first-order valence-corrected chi connectivity index (χ1v) is 7.40. The molecular weight excluding hydrogens is 246 g/mol. The SMILES string of the molecule is CC(C)(C)c1csc(CC(=O)C2CCOCC2)n1. The van der Waals surface area contributed by atoms with Crippen LogP contribution >= 0.6 is 11.3 Å². The van der Waals surface area contributed by atoms with Crippen LogP contribution in [-0.4, -0.2) is 24.0 Å². The Balaban J connectivity index is 1.96. The first-order chi connectivity index (χ1) is 8.47. The van der Waals surface area contributed by atoms with Gasteiger partial charge in [0, 0.05) is 29.9 Å². The van der Waals surface area contributed by atoms with Crippen molar-refractivity contribution in [2.45, 2.75) is 45.4 Å². The van der Waals surface area contributed by atoms with Gasteiger partial charge >= 0.3 is 0 Å². The Morgan fingerprint density at radius 3 is 2.67 bits per heavy atom. The third kappa shape index (κ3) is 3.39. The molecule has 0 unspecified atom stereocenters. The Kier molecular flexibility index (Phi) is 4.17. The van der Waals surface area contributed by atoms with Gasteiger partial charge in [-0.1, -0.05) is 20.8 Å². The molecule has 1 aliphatic heterocycles. The average Bonchev–Trinajstić information content (AvgIpc) is 2.78. The molecule has 1 aromatic heterocycles. The van der Waals surface area contributed by atoms with Crippen molar-refractivity contribution in [1.82, 2.24) is 4.98 Å². The summed E-state index contributed by atoms with van der Waals surface area (Å²) in [4.78, 5) is 16.7. The molecule has 100 valence electrons. The van der Waals surface area contributed by atoms with Gasteiger partial charge in [0.1, 0.15) is 10.8 Å². The molecule has 4 heteroatoms. The van der Waals surface area contributed by atoms with Gasteiger partial charge in [-0.2, -0.15) is 0 Å². The number of carbonyl (C=O) groups excluding carboxylic acids is 1.